The Kier molecular flexibility index (Phi) is 4.39. The van der Waals surface area contributed by atoms with Gasteiger partial charge in [0.1, 0.15) is 17.6 Å². The fourth-order valence-electron chi connectivity index (χ4n) is 2.52. The van der Waals surface area contributed by atoms with Crippen LogP contribution in [0.1, 0.15) is 49.9 Å². The summed E-state index contributed by atoms with van der Waals surface area (Å²) in [5.41, 5.74) is 8.80. The molecule has 0 spiro atoms. The molecule has 0 aliphatic rings. The van der Waals surface area contributed by atoms with E-state index in [9.17, 15) is 0 Å². The van der Waals surface area contributed by atoms with Gasteiger partial charge in [-0.25, -0.2) is 9.97 Å². The lowest BCUT2D eigenvalue weighted by atomic mass is 9.87. The Morgan fingerprint density at radius 1 is 1.28 bits per heavy atom. The zero-order valence-corrected chi connectivity index (χ0v) is 15.4. The molecule has 0 aromatic carbocycles. The molecular formula is C18H19N5OS. The summed E-state index contributed by atoms with van der Waals surface area (Å²) < 4.78 is 5.63. The van der Waals surface area contributed by atoms with Crippen LogP contribution in [-0.4, -0.2) is 15.0 Å². The van der Waals surface area contributed by atoms with Crippen LogP contribution in [0, 0.1) is 11.3 Å². The van der Waals surface area contributed by atoms with Gasteiger partial charge < -0.3 is 10.2 Å². The number of anilines is 1. The molecule has 0 fully saturated rings. The summed E-state index contributed by atoms with van der Waals surface area (Å²) in [5.74, 6) is 0.287. The summed E-state index contributed by atoms with van der Waals surface area (Å²) in [7, 11) is 0. The van der Waals surface area contributed by atoms with Crippen LogP contribution < -0.4 is 5.73 Å². The fourth-order valence-corrected chi connectivity index (χ4v) is 3.40. The van der Waals surface area contributed by atoms with E-state index in [1.807, 2.05) is 13.0 Å². The molecule has 1 atom stereocenters. The van der Waals surface area contributed by atoms with Crippen molar-refractivity contribution in [3.8, 4) is 6.07 Å². The fraction of sp³-hybridized carbons (Fsp3) is 0.333. The van der Waals surface area contributed by atoms with Gasteiger partial charge in [-0.05, 0) is 18.4 Å². The van der Waals surface area contributed by atoms with Gasteiger partial charge in [0.15, 0.2) is 10.7 Å². The number of nitrogens with two attached hydrogens (primary N) is 1. The van der Waals surface area contributed by atoms with Gasteiger partial charge in [-0.2, -0.15) is 5.26 Å². The van der Waals surface area contributed by atoms with Gasteiger partial charge in [-0.3, -0.25) is 4.98 Å². The Labute approximate surface area is 150 Å². The quantitative estimate of drug-likeness (QED) is 0.555. The summed E-state index contributed by atoms with van der Waals surface area (Å²) in [4.78, 5) is 12.9. The lowest BCUT2D eigenvalue weighted by Gasteiger charge is -2.17. The van der Waals surface area contributed by atoms with Crippen LogP contribution in [-0.2, 0) is 5.41 Å². The van der Waals surface area contributed by atoms with Crippen LogP contribution >= 0.6 is 11.8 Å². The third-order valence-corrected chi connectivity index (χ3v) is 4.82. The average Bonchev–Trinajstić information content (AvgIpc) is 2.97. The van der Waals surface area contributed by atoms with Gasteiger partial charge in [-0.1, -0.05) is 32.5 Å². The van der Waals surface area contributed by atoms with Crippen molar-refractivity contribution >= 4 is 28.5 Å². The number of nitrogens with zero attached hydrogens (tertiary/aromatic N) is 4. The van der Waals surface area contributed by atoms with Crippen LogP contribution in [0.25, 0.3) is 11.0 Å². The highest BCUT2D eigenvalue weighted by Crippen LogP contribution is 2.36. The Hall–Kier alpha value is -2.59. The SMILES string of the molecule is CC(Sc1nc(N)cc(C#N)n1)c1cc2c(C(C)(C)C)coc2cn1. The first-order valence-electron chi connectivity index (χ1n) is 7.87. The monoisotopic (exact) mass is 353 g/mol. The summed E-state index contributed by atoms with van der Waals surface area (Å²) in [5, 5.41) is 10.5. The van der Waals surface area contributed by atoms with Crippen molar-refractivity contribution < 1.29 is 4.42 Å². The number of rotatable bonds is 3. The van der Waals surface area contributed by atoms with Crippen molar-refractivity contribution in [3.05, 3.63) is 41.5 Å². The molecule has 3 aromatic heterocycles. The van der Waals surface area contributed by atoms with E-state index in [-0.39, 0.29) is 22.2 Å². The van der Waals surface area contributed by atoms with Crippen LogP contribution in [0.5, 0.6) is 0 Å². The predicted molar refractivity (Wildman–Crippen MR) is 98.1 cm³/mol. The van der Waals surface area contributed by atoms with Gasteiger partial charge in [-0.15, -0.1) is 0 Å². The minimum absolute atomic E-state index is 0.000427. The number of nitrogen functional groups attached to an aromatic ring is 1. The summed E-state index contributed by atoms with van der Waals surface area (Å²) >= 11 is 1.42. The minimum Gasteiger partial charge on any atom is -0.462 e. The highest BCUT2D eigenvalue weighted by atomic mass is 32.2. The second kappa shape index (κ2) is 6.37. The molecule has 0 amide bonds. The van der Waals surface area contributed by atoms with Gasteiger partial charge in [0.05, 0.1) is 23.4 Å². The van der Waals surface area contributed by atoms with Crippen LogP contribution in [0.2, 0.25) is 0 Å². The molecule has 6 nitrogen and oxygen atoms in total. The number of hydrogen-bond acceptors (Lipinski definition) is 7. The third-order valence-electron chi connectivity index (χ3n) is 3.83. The number of pyridine rings is 1. The number of thioether (sulfide) groups is 1. The first-order valence-corrected chi connectivity index (χ1v) is 8.75. The van der Waals surface area contributed by atoms with Crippen LogP contribution in [0.15, 0.2) is 34.2 Å². The predicted octanol–water partition coefficient (Wildman–Crippen LogP) is 4.22. The molecule has 0 bridgehead atoms. The zero-order chi connectivity index (χ0) is 18.2. The van der Waals surface area contributed by atoms with Gasteiger partial charge in [0.25, 0.3) is 0 Å². The van der Waals surface area contributed by atoms with Crippen molar-refractivity contribution in [2.75, 3.05) is 5.73 Å². The van der Waals surface area contributed by atoms with Crippen molar-refractivity contribution in [3.63, 3.8) is 0 Å². The zero-order valence-electron chi connectivity index (χ0n) is 14.6. The topological polar surface area (TPSA) is 102 Å². The average molecular weight is 353 g/mol. The largest absolute Gasteiger partial charge is 0.462 e. The molecule has 128 valence electrons. The van der Waals surface area contributed by atoms with E-state index in [4.69, 9.17) is 15.4 Å². The Balaban J connectivity index is 1.93. The molecule has 7 heteroatoms. The van der Waals surface area contributed by atoms with E-state index >= 15 is 0 Å². The third kappa shape index (κ3) is 3.59. The van der Waals surface area contributed by atoms with E-state index in [1.165, 1.54) is 17.8 Å². The van der Waals surface area contributed by atoms with Gasteiger partial charge in [0.2, 0.25) is 0 Å². The van der Waals surface area contributed by atoms with Crippen molar-refractivity contribution in [2.24, 2.45) is 0 Å². The molecule has 0 saturated heterocycles. The van der Waals surface area contributed by atoms with E-state index < -0.39 is 0 Å². The Morgan fingerprint density at radius 3 is 2.72 bits per heavy atom. The minimum atomic E-state index is -0.0149. The summed E-state index contributed by atoms with van der Waals surface area (Å²) in [6, 6.07) is 5.50. The highest BCUT2D eigenvalue weighted by molar-refractivity contribution is 7.99. The maximum absolute atomic E-state index is 9.01. The van der Waals surface area contributed by atoms with Crippen molar-refractivity contribution in [1.82, 2.24) is 15.0 Å². The molecule has 1 unspecified atom stereocenters. The van der Waals surface area contributed by atoms with E-state index in [1.54, 1.807) is 12.5 Å². The number of furan rings is 1. The van der Waals surface area contributed by atoms with Crippen LogP contribution in [0.4, 0.5) is 5.82 Å². The first kappa shape index (κ1) is 17.2. The normalized spacial score (nSPS) is 12.9. The maximum Gasteiger partial charge on any atom is 0.191 e. The Bertz CT molecular complexity index is 968. The van der Waals surface area contributed by atoms with Crippen molar-refractivity contribution in [2.45, 2.75) is 43.5 Å². The molecular weight excluding hydrogens is 334 g/mol. The van der Waals surface area contributed by atoms with E-state index in [0.29, 0.717) is 5.16 Å². The van der Waals surface area contributed by atoms with E-state index in [2.05, 4.69) is 41.8 Å². The van der Waals surface area contributed by atoms with Crippen molar-refractivity contribution in [1.29, 1.82) is 5.26 Å². The second-order valence-corrected chi connectivity index (χ2v) is 8.15. The second-order valence-electron chi connectivity index (χ2n) is 6.84. The smallest absolute Gasteiger partial charge is 0.191 e. The summed E-state index contributed by atoms with van der Waals surface area (Å²) in [6.07, 6.45) is 3.55. The lowest BCUT2D eigenvalue weighted by Crippen LogP contribution is -2.10. The summed E-state index contributed by atoms with van der Waals surface area (Å²) in [6.45, 7) is 8.48. The number of aromatic nitrogens is 3. The van der Waals surface area contributed by atoms with Gasteiger partial charge in [0, 0.05) is 17.0 Å². The molecule has 3 rings (SSSR count). The number of nitriles is 1. The molecule has 3 heterocycles. The van der Waals surface area contributed by atoms with E-state index in [0.717, 1.165) is 22.2 Å². The first-order chi connectivity index (χ1) is 11.8. The molecule has 0 aliphatic carbocycles. The molecule has 25 heavy (non-hydrogen) atoms. The standard InChI is InChI=1S/C18H19N5OS/c1-10(25-17-22-11(7-19)5-16(20)23-17)14-6-12-13(18(2,3)4)9-24-15(12)8-21-14/h5-6,8-10H,1-4H3,(H2,20,22,23). The highest BCUT2D eigenvalue weighted by Gasteiger charge is 2.21. The lowest BCUT2D eigenvalue weighted by molar-refractivity contribution is 0.557. The van der Waals surface area contributed by atoms with Crippen LogP contribution in [0.3, 0.4) is 0 Å². The maximum atomic E-state index is 9.01. The molecule has 2 N–H and O–H groups in total. The molecule has 0 aliphatic heterocycles. The van der Waals surface area contributed by atoms with Gasteiger partial charge >= 0.3 is 0 Å². The number of hydrogen-bond donors (Lipinski definition) is 1. The Morgan fingerprint density at radius 2 is 2.04 bits per heavy atom. The molecule has 3 aromatic rings. The molecule has 0 saturated carbocycles. The molecule has 0 radical (unpaired) electrons. The number of fused-ring (bicyclic) bond motifs is 1.